The van der Waals surface area contributed by atoms with Crippen molar-refractivity contribution in [1.82, 2.24) is 4.98 Å². The second-order valence-electron chi connectivity index (χ2n) is 6.82. The number of nitrogens with zero attached hydrogens (tertiary/aromatic N) is 3. The summed E-state index contributed by atoms with van der Waals surface area (Å²) in [6.07, 6.45) is 2.48. The summed E-state index contributed by atoms with van der Waals surface area (Å²) in [5.41, 5.74) is 5.41. The molecule has 0 atom stereocenters. The fourth-order valence-electron chi connectivity index (χ4n) is 3.21. The zero-order valence-electron chi connectivity index (χ0n) is 16.0. The van der Waals surface area contributed by atoms with Crippen LogP contribution in [-0.4, -0.2) is 29.7 Å². The van der Waals surface area contributed by atoms with Gasteiger partial charge in [0.15, 0.2) is 0 Å². The molecule has 0 spiro atoms. The van der Waals surface area contributed by atoms with Crippen LogP contribution in [0.1, 0.15) is 35.2 Å². The molecule has 0 unspecified atom stereocenters. The van der Waals surface area contributed by atoms with Crippen molar-refractivity contribution in [3.8, 4) is 6.07 Å². The maximum absolute atomic E-state index is 12.3. The van der Waals surface area contributed by atoms with Gasteiger partial charge in [0.2, 0.25) is 5.91 Å². The van der Waals surface area contributed by atoms with E-state index in [9.17, 15) is 10.1 Å². The third-order valence-corrected chi connectivity index (χ3v) is 6.01. The predicted octanol–water partition coefficient (Wildman–Crippen LogP) is 4.21. The topological polar surface area (TPSA) is 69.0 Å². The van der Waals surface area contributed by atoms with E-state index in [0.29, 0.717) is 10.6 Å². The number of aromatic nitrogens is 1. The van der Waals surface area contributed by atoms with Crippen LogP contribution in [0.3, 0.4) is 0 Å². The molecule has 1 aromatic heterocycles. The SMILES string of the molecule is Cc1nc(SCC(=O)Nc2ccc(N3CCCC3)cc2)c(C#N)c(C)c1C. The first-order valence-electron chi connectivity index (χ1n) is 9.15. The largest absolute Gasteiger partial charge is 0.372 e. The van der Waals surface area contributed by atoms with Crippen LogP contribution < -0.4 is 10.2 Å². The lowest BCUT2D eigenvalue weighted by Crippen LogP contribution is -2.18. The molecule has 2 heterocycles. The first-order valence-corrected chi connectivity index (χ1v) is 10.1. The van der Waals surface area contributed by atoms with E-state index >= 15 is 0 Å². The van der Waals surface area contributed by atoms with Crippen molar-refractivity contribution < 1.29 is 4.79 Å². The minimum atomic E-state index is -0.101. The van der Waals surface area contributed by atoms with Crippen molar-refractivity contribution in [2.45, 2.75) is 38.6 Å². The van der Waals surface area contributed by atoms with E-state index in [1.165, 1.54) is 30.3 Å². The third-order valence-electron chi connectivity index (χ3n) is 5.04. The van der Waals surface area contributed by atoms with Crippen molar-refractivity contribution in [2.75, 3.05) is 29.1 Å². The number of carbonyl (C=O) groups is 1. The van der Waals surface area contributed by atoms with Gasteiger partial charge in [-0.1, -0.05) is 11.8 Å². The molecule has 1 aromatic carbocycles. The van der Waals surface area contributed by atoms with Crippen LogP contribution in [0.15, 0.2) is 29.3 Å². The standard InChI is InChI=1S/C21H24N4OS/c1-14-15(2)19(12-22)21(23-16(14)3)27-13-20(26)24-17-6-8-18(9-7-17)25-10-4-5-11-25/h6-9H,4-5,10-11,13H2,1-3H3,(H,24,26). The average Bonchev–Trinajstić information content (AvgIpc) is 3.20. The Kier molecular flexibility index (Phi) is 6.02. The van der Waals surface area contributed by atoms with Gasteiger partial charge in [-0.15, -0.1) is 0 Å². The Labute approximate surface area is 164 Å². The van der Waals surface area contributed by atoms with Gasteiger partial charge in [0.05, 0.1) is 11.3 Å². The third kappa shape index (κ3) is 4.42. The molecule has 2 aromatic rings. The summed E-state index contributed by atoms with van der Waals surface area (Å²) in [5.74, 6) is 0.118. The predicted molar refractivity (Wildman–Crippen MR) is 110 cm³/mol. The van der Waals surface area contributed by atoms with Crippen molar-refractivity contribution in [1.29, 1.82) is 5.26 Å². The summed E-state index contributed by atoms with van der Waals surface area (Å²) >= 11 is 1.31. The molecule has 6 heteroatoms. The van der Waals surface area contributed by atoms with Gasteiger partial charge in [-0.05, 0) is 69.0 Å². The highest BCUT2D eigenvalue weighted by molar-refractivity contribution is 8.00. The summed E-state index contributed by atoms with van der Waals surface area (Å²) in [6.45, 7) is 8.02. The summed E-state index contributed by atoms with van der Waals surface area (Å²) in [6, 6.07) is 10.2. The van der Waals surface area contributed by atoms with Gasteiger partial charge >= 0.3 is 0 Å². The summed E-state index contributed by atoms with van der Waals surface area (Å²) < 4.78 is 0. The highest BCUT2D eigenvalue weighted by Crippen LogP contribution is 2.27. The molecule has 1 fully saturated rings. The number of carbonyl (C=O) groups excluding carboxylic acids is 1. The lowest BCUT2D eigenvalue weighted by Gasteiger charge is -2.17. The molecule has 0 saturated carbocycles. The highest BCUT2D eigenvalue weighted by atomic mass is 32.2. The van der Waals surface area contributed by atoms with Crippen LogP contribution in [0, 0.1) is 32.1 Å². The minimum Gasteiger partial charge on any atom is -0.372 e. The van der Waals surface area contributed by atoms with E-state index in [4.69, 9.17) is 0 Å². The number of hydrogen-bond acceptors (Lipinski definition) is 5. The maximum atomic E-state index is 12.3. The van der Waals surface area contributed by atoms with Crippen LogP contribution in [0.2, 0.25) is 0 Å². The molecule has 1 aliphatic heterocycles. The molecule has 5 nitrogen and oxygen atoms in total. The number of amides is 1. The van der Waals surface area contributed by atoms with Crippen LogP contribution in [0.25, 0.3) is 0 Å². The molecule has 27 heavy (non-hydrogen) atoms. The van der Waals surface area contributed by atoms with Crippen LogP contribution in [0.4, 0.5) is 11.4 Å². The van der Waals surface area contributed by atoms with Crippen molar-refractivity contribution in [3.63, 3.8) is 0 Å². The van der Waals surface area contributed by atoms with Crippen molar-refractivity contribution in [3.05, 3.63) is 46.6 Å². The van der Waals surface area contributed by atoms with Gasteiger partial charge in [-0.25, -0.2) is 4.98 Å². The molecular formula is C21H24N4OS. The number of hydrogen-bond donors (Lipinski definition) is 1. The van der Waals surface area contributed by atoms with E-state index in [0.717, 1.165) is 35.6 Å². The number of thioether (sulfide) groups is 1. The van der Waals surface area contributed by atoms with Gasteiger partial charge in [-0.3, -0.25) is 4.79 Å². The molecule has 1 aliphatic rings. The Bertz CT molecular complexity index is 881. The van der Waals surface area contributed by atoms with Crippen LogP contribution in [0.5, 0.6) is 0 Å². The summed E-state index contributed by atoms with van der Waals surface area (Å²) in [7, 11) is 0. The second kappa shape index (κ2) is 8.45. The highest BCUT2D eigenvalue weighted by Gasteiger charge is 2.15. The van der Waals surface area contributed by atoms with E-state index in [1.807, 2.05) is 32.9 Å². The summed E-state index contributed by atoms with van der Waals surface area (Å²) in [5, 5.41) is 13.0. The smallest absolute Gasteiger partial charge is 0.234 e. The minimum absolute atomic E-state index is 0.101. The number of aryl methyl sites for hydroxylation is 1. The Morgan fingerprint density at radius 3 is 2.48 bits per heavy atom. The van der Waals surface area contributed by atoms with E-state index < -0.39 is 0 Å². The van der Waals surface area contributed by atoms with E-state index in [2.05, 4.69) is 33.4 Å². The second-order valence-corrected chi connectivity index (χ2v) is 7.78. The van der Waals surface area contributed by atoms with Crippen molar-refractivity contribution >= 4 is 29.0 Å². The maximum Gasteiger partial charge on any atom is 0.234 e. The zero-order valence-corrected chi connectivity index (χ0v) is 16.8. The zero-order chi connectivity index (χ0) is 19.4. The van der Waals surface area contributed by atoms with Gasteiger partial charge in [0.1, 0.15) is 11.1 Å². The molecule has 3 rings (SSSR count). The average molecular weight is 381 g/mol. The lowest BCUT2D eigenvalue weighted by molar-refractivity contribution is -0.113. The van der Waals surface area contributed by atoms with E-state index in [1.54, 1.807) is 0 Å². The number of pyridine rings is 1. The monoisotopic (exact) mass is 380 g/mol. The van der Waals surface area contributed by atoms with Gasteiger partial charge in [-0.2, -0.15) is 5.26 Å². The van der Waals surface area contributed by atoms with Crippen molar-refractivity contribution in [2.24, 2.45) is 0 Å². The molecule has 1 amide bonds. The first-order chi connectivity index (χ1) is 13.0. The quantitative estimate of drug-likeness (QED) is 0.787. The number of rotatable bonds is 5. The van der Waals surface area contributed by atoms with Crippen LogP contribution in [-0.2, 0) is 4.79 Å². The Hall–Kier alpha value is -2.52. The molecule has 0 radical (unpaired) electrons. The Balaban J connectivity index is 1.61. The Morgan fingerprint density at radius 1 is 1.19 bits per heavy atom. The molecule has 0 bridgehead atoms. The number of nitrogens with one attached hydrogen (secondary N) is 1. The fraction of sp³-hybridized carbons (Fsp3) is 0.381. The van der Waals surface area contributed by atoms with Crippen LogP contribution >= 0.6 is 11.8 Å². The number of nitriles is 1. The Morgan fingerprint density at radius 2 is 1.85 bits per heavy atom. The fourth-order valence-corrected chi connectivity index (χ4v) is 4.09. The lowest BCUT2D eigenvalue weighted by atomic mass is 10.1. The molecular weight excluding hydrogens is 356 g/mol. The van der Waals surface area contributed by atoms with Gasteiger partial charge in [0.25, 0.3) is 0 Å². The number of benzene rings is 1. The van der Waals surface area contributed by atoms with E-state index in [-0.39, 0.29) is 11.7 Å². The summed E-state index contributed by atoms with van der Waals surface area (Å²) in [4.78, 5) is 19.2. The molecule has 140 valence electrons. The molecule has 0 aliphatic carbocycles. The molecule has 1 N–H and O–H groups in total. The number of anilines is 2. The molecule has 1 saturated heterocycles. The first kappa shape index (κ1) is 19.2. The normalized spacial score (nSPS) is 13.5. The van der Waals surface area contributed by atoms with Gasteiger partial charge < -0.3 is 10.2 Å². The van der Waals surface area contributed by atoms with Gasteiger partial charge in [0, 0.05) is 30.2 Å².